The molecule has 1 aliphatic carbocycles. The van der Waals surface area contributed by atoms with Crippen molar-refractivity contribution in [1.82, 2.24) is 59.8 Å². The van der Waals surface area contributed by atoms with Gasteiger partial charge in [-0.15, -0.1) is 0 Å². The van der Waals surface area contributed by atoms with Crippen LogP contribution in [0.25, 0.3) is 0 Å². The lowest BCUT2D eigenvalue weighted by Crippen LogP contribution is -2.38. The van der Waals surface area contributed by atoms with Gasteiger partial charge in [0.1, 0.15) is 0 Å². The van der Waals surface area contributed by atoms with E-state index in [2.05, 4.69) is 29.4 Å². The third-order valence-corrected chi connectivity index (χ3v) is 18.2. The van der Waals surface area contributed by atoms with Crippen LogP contribution in [0.2, 0.25) is 0 Å². The van der Waals surface area contributed by atoms with Crippen LogP contribution in [-0.4, -0.2) is 336 Å². The van der Waals surface area contributed by atoms with E-state index >= 15 is 0 Å². The zero-order chi connectivity index (χ0) is 61.1. The Balaban J connectivity index is 0.797. The minimum absolute atomic E-state index is 0.00917. The van der Waals surface area contributed by atoms with Crippen molar-refractivity contribution < 1.29 is 66.3 Å². The predicted octanol–water partition coefficient (Wildman–Crippen LogP) is -2.33. The number of rotatable bonds is 42. The molecule has 4 aromatic rings. The Hall–Kier alpha value is -6.32. The minimum atomic E-state index is -0.239. The molecule has 0 aromatic carbocycles. The molecule has 15 fully saturated rings. The molecule has 0 amide bonds. The summed E-state index contributed by atoms with van der Waals surface area (Å²) in [7, 11) is 0. The quantitative estimate of drug-likeness (QED) is 0.0420. The van der Waals surface area contributed by atoms with Gasteiger partial charge in [0.05, 0.1) is 198 Å². The number of nitrogens with zero attached hydrogens (tertiary/aromatic N) is 21. The van der Waals surface area contributed by atoms with Gasteiger partial charge in [-0.05, 0) is 18.8 Å². The van der Waals surface area contributed by atoms with Crippen molar-refractivity contribution in [2.24, 2.45) is 5.92 Å². The number of epoxide rings is 14. The summed E-state index contributed by atoms with van der Waals surface area (Å²) < 4.78 is 82.9. The smallest absolute Gasteiger partial charge is 0.239 e. The molecule has 14 saturated heterocycles. The van der Waals surface area contributed by atoms with Gasteiger partial charge in [0.25, 0.3) is 0 Å². The Morgan fingerprint density at radius 3 is 0.462 bits per heavy atom. The van der Waals surface area contributed by atoms with Crippen molar-refractivity contribution in [3.8, 4) is 0 Å². The van der Waals surface area contributed by atoms with E-state index in [1.54, 1.807) is 0 Å². The summed E-state index contributed by atoms with van der Waals surface area (Å²) in [5.74, 6) is 4.79. The molecule has 0 N–H and O–H groups in total. The third kappa shape index (κ3) is 15.8. The molecule has 35 heteroatoms. The molecule has 19 rings (SSSR count). The van der Waals surface area contributed by atoms with E-state index in [4.69, 9.17) is 126 Å². The maximum Gasteiger partial charge on any atom is 0.239 e. The first-order valence-corrected chi connectivity index (χ1v) is 33.3. The fourth-order valence-electron chi connectivity index (χ4n) is 11.5. The van der Waals surface area contributed by atoms with Gasteiger partial charge >= 0.3 is 0 Å². The van der Waals surface area contributed by atoms with Gasteiger partial charge in [-0.2, -0.15) is 59.8 Å². The zero-order valence-electron chi connectivity index (χ0n) is 51.7. The zero-order valence-corrected chi connectivity index (χ0v) is 51.7. The number of ether oxygens (including phenoxy) is 14. The summed E-state index contributed by atoms with van der Waals surface area (Å²) in [6, 6.07) is 0. The number of aromatic nitrogens is 12. The summed E-state index contributed by atoms with van der Waals surface area (Å²) >= 11 is 0. The molecule has 0 spiro atoms. The normalized spacial score (nSPS) is 31.6. The molecule has 93 heavy (non-hydrogen) atoms. The van der Waals surface area contributed by atoms with Crippen LogP contribution in [-0.2, 0) is 66.3 Å². The Morgan fingerprint density at radius 1 is 0.183 bits per heavy atom. The Labute approximate surface area is 534 Å². The number of hydrogen-bond acceptors (Lipinski definition) is 35. The first kappa shape index (κ1) is 58.1. The molecule has 498 valence electrons. The molecule has 15 aliphatic rings. The summed E-state index contributed by atoms with van der Waals surface area (Å²) in [5.41, 5.74) is 0. The molecule has 18 heterocycles. The molecule has 0 bridgehead atoms. The molecule has 14 unspecified atom stereocenters. The van der Waals surface area contributed by atoms with E-state index < -0.39 is 0 Å². The van der Waals surface area contributed by atoms with Gasteiger partial charge in [0.15, 0.2) is 0 Å². The highest BCUT2D eigenvalue weighted by Crippen LogP contribution is 2.39. The average molecular weight is 1290 g/mol. The van der Waals surface area contributed by atoms with Crippen molar-refractivity contribution in [2.75, 3.05) is 235 Å². The van der Waals surface area contributed by atoms with Crippen molar-refractivity contribution >= 4 is 71.4 Å². The molecule has 14 aliphatic heterocycles. The van der Waals surface area contributed by atoms with Gasteiger partial charge in [0.2, 0.25) is 71.4 Å². The highest BCUT2D eigenvalue weighted by Gasteiger charge is 2.44. The maximum absolute atomic E-state index is 6.14. The second-order valence-corrected chi connectivity index (χ2v) is 27.0. The Morgan fingerprint density at radius 2 is 0.312 bits per heavy atom. The standard InChI is InChI=1S/C58H77N21O14/c1-2-32(1)3-71(4-33-18-80-33)47-59-48(72(5-34-19-81-34)6-35-20-82-35)63-53(62-47)77(15-44-29-91-44)56-68-57(78(16-45-30-92-45)54-64-49(73(7-36-21-83-36)8-37-22-84-37)60-50(65-54)74(9-38-23-85-38)10-39-24-86-39)70-58(69-56)79(17-46-31-93-46)55-66-51(75(11-40-25-87-40)12-41-26-88-41)61-52(67-55)76(13-42-27-89-42)14-43-28-90-43/h32-46H,1-31H2. The fourth-order valence-corrected chi connectivity index (χ4v) is 11.5. The molecule has 14 atom stereocenters. The largest absolute Gasteiger partial charge is 0.371 e. The van der Waals surface area contributed by atoms with Crippen molar-refractivity contribution in [1.29, 1.82) is 0 Å². The van der Waals surface area contributed by atoms with Crippen LogP contribution in [0.4, 0.5) is 71.4 Å². The molecular formula is C58H77N21O14. The average Bonchev–Trinajstić information content (AvgIpc) is 1.53. The van der Waals surface area contributed by atoms with Crippen LogP contribution < -0.4 is 44.1 Å². The van der Waals surface area contributed by atoms with E-state index in [0.29, 0.717) is 212 Å². The highest BCUT2D eigenvalue weighted by atomic mass is 16.6. The number of anilines is 12. The molecule has 35 nitrogen and oxygen atoms in total. The monoisotopic (exact) mass is 1290 g/mol. The molecular weight excluding hydrogens is 1210 g/mol. The Bertz CT molecular complexity index is 2750. The topological polar surface area (TPSA) is 359 Å². The van der Waals surface area contributed by atoms with Gasteiger partial charge < -0.3 is 95.7 Å². The lowest BCUT2D eigenvalue weighted by atomic mass is 10.3. The van der Waals surface area contributed by atoms with E-state index in [9.17, 15) is 0 Å². The molecule has 0 radical (unpaired) electrons. The van der Waals surface area contributed by atoms with Crippen molar-refractivity contribution in [3.05, 3.63) is 0 Å². The summed E-state index contributed by atoms with van der Waals surface area (Å²) in [6.07, 6.45) is 1.73. The first-order chi connectivity index (χ1) is 45.8. The predicted molar refractivity (Wildman–Crippen MR) is 323 cm³/mol. The van der Waals surface area contributed by atoms with Crippen LogP contribution in [0.1, 0.15) is 12.8 Å². The number of hydrogen-bond donors (Lipinski definition) is 0. The lowest BCUT2D eigenvalue weighted by Gasteiger charge is -2.30. The second-order valence-electron chi connectivity index (χ2n) is 27.0. The van der Waals surface area contributed by atoms with Crippen LogP contribution in [0, 0.1) is 5.92 Å². The van der Waals surface area contributed by atoms with Crippen LogP contribution in [0.5, 0.6) is 0 Å². The minimum Gasteiger partial charge on any atom is -0.371 e. The van der Waals surface area contributed by atoms with Crippen LogP contribution in [0.15, 0.2) is 0 Å². The maximum atomic E-state index is 6.14. The van der Waals surface area contributed by atoms with E-state index in [1.807, 2.05) is 14.7 Å². The van der Waals surface area contributed by atoms with Crippen molar-refractivity contribution in [3.63, 3.8) is 0 Å². The fraction of sp³-hybridized carbons (Fsp3) is 0.793. The highest BCUT2D eigenvalue weighted by molar-refractivity contribution is 5.64. The summed E-state index contributed by atoms with van der Waals surface area (Å²) in [4.78, 5) is 83.8. The van der Waals surface area contributed by atoms with Crippen LogP contribution >= 0.6 is 0 Å². The molecule has 1 saturated carbocycles. The third-order valence-electron chi connectivity index (χ3n) is 18.2. The van der Waals surface area contributed by atoms with Gasteiger partial charge in [-0.1, -0.05) is 0 Å². The van der Waals surface area contributed by atoms with E-state index in [1.165, 1.54) is 0 Å². The van der Waals surface area contributed by atoms with Crippen molar-refractivity contribution in [2.45, 2.75) is 98.3 Å². The van der Waals surface area contributed by atoms with Gasteiger partial charge in [-0.25, -0.2) is 0 Å². The first-order valence-electron chi connectivity index (χ1n) is 33.3. The SMILES string of the molecule is C1CC1CN(CC1CO1)c1nc(N(CC2CO2)CC2CO2)nc(N(CC2CO2)c2nc(N(CC3CO3)c3nc(N(CC4CO4)CC4CO4)nc(N(CC4CO4)CC4CO4)n3)nc(N(CC3CO3)c3nc(N(CC4CO4)CC4CO4)nc(N(CC4CO4)CC4CO4)n3)n2)n1. The van der Waals surface area contributed by atoms with E-state index in [0.717, 1.165) is 19.4 Å². The Kier molecular flexibility index (Phi) is 15.2. The second kappa shape index (κ2) is 24.4. The van der Waals surface area contributed by atoms with Gasteiger partial charge in [-0.3, -0.25) is 14.7 Å². The van der Waals surface area contributed by atoms with Gasteiger partial charge in [0, 0.05) is 78.5 Å². The molecule has 4 aromatic heterocycles. The summed E-state index contributed by atoms with van der Waals surface area (Å²) in [6.45, 7) is 16.2. The van der Waals surface area contributed by atoms with E-state index in [-0.39, 0.29) is 135 Å². The lowest BCUT2D eigenvalue weighted by molar-refractivity contribution is 0.385. The van der Waals surface area contributed by atoms with Crippen LogP contribution in [0.3, 0.4) is 0 Å². The summed E-state index contributed by atoms with van der Waals surface area (Å²) in [5, 5.41) is 0.